The zero-order valence-corrected chi connectivity index (χ0v) is 9.86. The monoisotopic (exact) mass is 230 g/mol. The molecule has 1 saturated carbocycles. The Kier molecular flexibility index (Phi) is 3.57. The first kappa shape index (κ1) is 11.8. The van der Waals surface area contributed by atoms with Gasteiger partial charge in [0.05, 0.1) is 0 Å². The highest BCUT2D eigenvalue weighted by atomic mass is 16.1. The van der Waals surface area contributed by atoms with Crippen molar-refractivity contribution in [2.75, 3.05) is 5.73 Å². The lowest BCUT2D eigenvalue weighted by atomic mass is 9.78. The van der Waals surface area contributed by atoms with Gasteiger partial charge in [0.2, 0.25) is 0 Å². The average molecular weight is 230 g/mol. The maximum absolute atomic E-state index is 10.7. The fourth-order valence-electron chi connectivity index (χ4n) is 2.51. The second kappa shape index (κ2) is 5.13. The topological polar surface area (TPSA) is 66.9 Å². The van der Waals surface area contributed by atoms with Crippen molar-refractivity contribution in [2.24, 2.45) is 11.8 Å². The van der Waals surface area contributed by atoms with E-state index in [2.05, 4.69) is 0 Å². The van der Waals surface area contributed by atoms with E-state index in [1.54, 1.807) is 0 Å². The molecular formula is C14H18N2O. The molecule has 0 unspecified atom stereocenters. The fraction of sp³-hybridized carbons (Fsp3) is 0.429. The Morgan fingerprint density at radius 2 is 1.88 bits per heavy atom. The summed E-state index contributed by atoms with van der Waals surface area (Å²) >= 11 is 0. The van der Waals surface area contributed by atoms with Gasteiger partial charge in [-0.25, -0.2) is 0 Å². The van der Waals surface area contributed by atoms with Crippen LogP contribution in [0.5, 0.6) is 0 Å². The lowest BCUT2D eigenvalue weighted by Crippen LogP contribution is -2.23. The third-order valence-corrected chi connectivity index (χ3v) is 3.62. The summed E-state index contributed by atoms with van der Waals surface area (Å²) < 4.78 is 0. The van der Waals surface area contributed by atoms with E-state index >= 15 is 0 Å². The summed E-state index contributed by atoms with van der Waals surface area (Å²) in [6.07, 6.45) is 4.72. The van der Waals surface area contributed by atoms with Crippen molar-refractivity contribution in [1.82, 2.24) is 0 Å². The Morgan fingerprint density at radius 3 is 2.47 bits per heavy atom. The van der Waals surface area contributed by atoms with Gasteiger partial charge in [0.1, 0.15) is 6.29 Å². The van der Waals surface area contributed by atoms with Crippen molar-refractivity contribution in [3.63, 3.8) is 0 Å². The molecule has 3 N–H and O–H groups in total. The van der Waals surface area contributed by atoms with Gasteiger partial charge in [-0.15, -0.1) is 0 Å². The third kappa shape index (κ3) is 2.54. The lowest BCUT2D eigenvalue weighted by molar-refractivity contribution is -0.112. The number of nitrogens with one attached hydrogen (secondary N) is 1. The van der Waals surface area contributed by atoms with Gasteiger partial charge in [-0.1, -0.05) is 18.2 Å². The molecule has 3 nitrogen and oxygen atoms in total. The van der Waals surface area contributed by atoms with Gasteiger partial charge in [-0.2, -0.15) is 0 Å². The number of carbonyl (C=O) groups excluding carboxylic acids is 1. The zero-order chi connectivity index (χ0) is 12.3. The van der Waals surface area contributed by atoms with Crippen molar-refractivity contribution in [3.8, 4) is 0 Å². The number of aldehydes is 1. The van der Waals surface area contributed by atoms with Gasteiger partial charge in [0, 0.05) is 28.8 Å². The molecule has 2 rings (SSSR count). The molecule has 90 valence electrons. The van der Waals surface area contributed by atoms with E-state index < -0.39 is 0 Å². The first-order valence-corrected chi connectivity index (χ1v) is 6.11. The molecular weight excluding hydrogens is 212 g/mol. The number of para-hydroxylation sites is 1. The maximum atomic E-state index is 10.7. The highest BCUT2D eigenvalue weighted by molar-refractivity contribution is 6.04. The maximum Gasteiger partial charge on any atom is 0.123 e. The molecule has 17 heavy (non-hydrogen) atoms. The minimum absolute atomic E-state index is 0.201. The van der Waals surface area contributed by atoms with Crippen LogP contribution in [0, 0.1) is 17.2 Å². The average Bonchev–Trinajstić information content (AvgIpc) is 2.39. The Hall–Kier alpha value is -1.64. The van der Waals surface area contributed by atoms with Crippen LogP contribution in [0.4, 0.5) is 5.69 Å². The summed E-state index contributed by atoms with van der Waals surface area (Å²) in [7, 11) is 0. The molecule has 1 aromatic carbocycles. The Morgan fingerprint density at radius 1 is 1.24 bits per heavy atom. The molecule has 0 amide bonds. The van der Waals surface area contributed by atoms with Crippen LogP contribution in [-0.4, -0.2) is 12.0 Å². The van der Waals surface area contributed by atoms with E-state index in [4.69, 9.17) is 11.1 Å². The quantitative estimate of drug-likeness (QED) is 0.476. The minimum atomic E-state index is 0.201. The molecule has 0 aromatic heterocycles. The zero-order valence-electron chi connectivity index (χ0n) is 9.86. The van der Waals surface area contributed by atoms with Crippen LogP contribution < -0.4 is 5.73 Å². The van der Waals surface area contributed by atoms with Gasteiger partial charge in [-0.3, -0.25) is 0 Å². The molecule has 1 aliphatic rings. The third-order valence-electron chi connectivity index (χ3n) is 3.62. The predicted molar refractivity (Wildman–Crippen MR) is 69.2 cm³/mol. The van der Waals surface area contributed by atoms with Crippen LogP contribution in [-0.2, 0) is 4.79 Å². The molecule has 0 spiro atoms. The summed E-state index contributed by atoms with van der Waals surface area (Å²) in [6.45, 7) is 0. The van der Waals surface area contributed by atoms with E-state index in [9.17, 15) is 4.79 Å². The van der Waals surface area contributed by atoms with Crippen molar-refractivity contribution < 1.29 is 4.79 Å². The number of anilines is 1. The second-order valence-corrected chi connectivity index (χ2v) is 4.75. The molecule has 0 saturated heterocycles. The number of nitrogens with two attached hydrogens (primary N) is 1. The van der Waals surface area contributed by atoms with Crippen LogP contribution in [0.15, 0.2) is 24.3 Å². The molecule has 0 bridgehead atoms. The molecule has 0 radical (unpaired) electrons. The molecule has 0 atom stereocenters. The number of hydrogen-bond donors (Lipinski definition) is 2. The fourth-order valence-corrected chi connectivity index (χ4v) is 2.51. The Balaban J connectivity index is 2.07. The molecule has 0 heterocycles. The number of carbonyl (C=O) groups is 1. The van der Waals surface area contributed by atoms with Gasteiger partial charge in [0.15, 0.2) is 0 Å². The summed E-state index contributed by atoms with van der Waals surface area (Å²) in [5, 5.41) is 8.22. The van der Waals surface area contributed by atoms with Crippen molar-refractivity contribution in [1.29, 1.82) is 5.41 Å². The first-order chi connectivity index (χ1) is 8.22. The molecule has 1 aromatic rings. The minimum Gasteiger partial charge on any atom is -0.398 e. The van der Waals surface area contributed by atoms with Crippen molar-refractivity contribution in [3.05, 3.63) is 29.8 Å². The van der Waals surface area contributed by atoms with Gasteiger partial charge < -0.3 is 15.9 Å². The summed E-state index contributed by atoms with van der Waals surface area (Å²) in [6, 6.07) is 7.54. The van der Waals surface area contributed by atoms with E-state index in [0.29, 0.717) is 11.4 Å². The second-order valence-electron chi connectivity index (χ2n) is 4.75. The van der Waals surface area contributed by atoms with Crippen LogP contribution in [0.3, 0.4) is 0 Å². The van der Waals surface area contributed by atoms with Crippen molar-refractivity contribution in [2.45, 2.75) is 25.7 Å². The van der Waals surface area contributed by atoms with Crippen LogP contribution in [0.25, 0.3) is 0 Å². The van der Waals surface area contributed by atoms with Crippen LogP contribution in [0.2, 0.25) is 0 Å². The van der Waals surface area contributed by atoms with Crippen LogP contribution in [0.1, 0.15) is 31.2 Å². The number of rotatable bonds is 3. The molecule has 1 aliphatic carbocycles. The van der Waals surface area contributed by atoms with Crippen molar-refractivity contribution >= 4 is 17.7 Å². The first-order valence-electron chi connectivity index (χ1n) is 6.11. The smallest absolute Gasteiger partial charge is 0.123 e. The van der Waals surface area contributed by atoms with E-state index in [-0.39, 0.29) is 11.8 Å². The van der Waals surface area contributed by atoms with Crippen LogP contribution >= 0.6 is 0 Å². The summed E-state index contributed by atoms with van der Waals surface area (Å²) in [5.74, 6) is 0.461. The Bertz CT molecular complexity index is 420. The van der Waals surface area contributed by atoms with Gasteiger partial charge in [-0.05, 0) is 31.7 Å². The normalized spacial score (nSPS) is 24.2. The molecule has 0 aliphatic heterocycles. The Labute approximate surface area is 102 Å². The standard InChI is InChI=1S/C14H18N2O/c15-13-4-2-1-3-12(13)14(16)11-7-5-10(9-17)6-8-11/h1-4,9-11,16H,5-8,15H2. The lowest BCUT2D eigenvalue weighted by Gasteiger charge is -2.26. The SMILES string of the molecule is N=C(c1ccccc1N)C1CCC(C=O)CC1. The highest BCUT2D eigenvalue weighted by Gasteiger charge is 2.25. The molecule has 1 fully saturated rings. The van der Waals surface area contributed by atoms with Gasteiger partial charge >= 0.3 is 0 Å². The number of benzene rings is 1. The number of hydrogen-bond acceptors (Lipinski definition) is 3. The van der Waals surface area contributed by atoms with E-state index in [1.165, 1.54) is 0 Å². The summed E-state index contributed by atoms with van der Waals surface area (Å²) in [4.78, 5) is 10.7. The van der Waals surface area contributed by atoms with E-state index in [0.717, 1.165) is 37.5 Å². The van der Waals surface area contributed by atoms with Gasteiger partial charge in [0.25, 0.3) is 0 Å². The van der Waals surface area contributed by atoms with E-state index in [1.807, 2.05) is 24.3 Å². The number of nitrogen functional groups attached to an aromatic ring is 1. The summed E-state index contributed by atoms with van der Waals surface area (Å²) in [5.41, 5.74) is 8.04. The predicted octanol–water partition coefficient (Wildman–Crippen LogP) is 2.64. The largest absolute Gasteiger partial charge is 0.398 e. The highest BCUT2D eigenvalue weighted by Crippen LogP contribution is 2.31. The molecule has 3 heteroatoms.